The van der Waals surface area contributed by atoms with Crippen LogP contribution in [-0.2, 0) is 26.7 Å². The topological polar surface area (TPSA) is 130 Å². The number of nitrogens with one attached hydrogen (secondary N) is 2. The summed E-state index contributed by atoms with van der Waals surface area (Å²) >= 11 is 0. The fraction of sp³-hybridized carbons (Fsp3) is 0.615. The zero-order valence-corrected chi connectivity index (χ0v) is 14.8. The van der Waals surface area contributed by atoms with Gasteiger partial charge in [0.25, 0.3) is 0 Å². The molecule has 3 N–H and O–H groups in total. The van der Waals surface area contributed by atoms with Crippen molar-refractivity contribution in [2.75, 3.05) is 0 Å². The Morgan fingerprint density at radius 3 is 2.22 bits per heavy atom. The van der Waals surface area contributed by atoms with E-state index in [9.17, 15) is 18.0 Å². The molecule has 1 amide bonds. The first kappa shape index (κ1) is 19.1. The zero-order chi connectivity index (χ0) is 18.2. The number of sulfonamides is 1. The highest BCUT2D eigenvalue weighted by Gasteiger charge is 2.33. The number of hydrogen-bond acceptors (Lipinski definition) is 5. The van der Waals surface area contributed by atoms with Gasteiger partial charge in [0.15, 0.2) is 0 Å². The number of carbonyl (C=O) groups is 2. The number of hydrogen-bond donors (Lipinski definition) is 3. The van der Waals surface area contributed by atoms with Crippen LogP contribution < -0.4 is 10.0 Å². The van der Waals surface area contributed by atoms with Gasteiger partial charge >= 0.3 is 5.97 Å². The lowest BCUT2D eigenvalue weighted by atomic mass is 10.1. The van der Waals surface area contributed by atoms with Gasteiger partial charge < -0.3 is 10.4 Å². The first-order chi connectivity index (χ1) is 10.3. The summed E-state index contributed by atoms with van der Waals surface area (Å²) in [6.45, 7) is 7.12. The molecule has 1 heterocycles. The van der Waals surface area contributed by atoms with Crippen LogP contribution in [-0.4, -0.2) is 46.8 Å². The van der Waals surface area contributed by atoms with E-state index in [4.69, 9.17) is 5.11 Å². The quantitative estimate of drug-likeness (QED) is 0.647. The summed E-state index contributed by atoms with van der Waals surface area (Å²) in [5, 5.41) is 15.3. The van der Waals surface area contributed by atoms with Crippen LogP contribution in [0.1, 0.15) is 32.2 Å². The Morgan fingerprint density at radius 1 is 1.30 bits per heavy atom. The van der Waals surface area contributed by atoms with Crippen molar-refractivity contribution in [2.24, 2.45) is 7.05 Å². The summed E-state index contributed by atoms with van der Waals surface area (Å²) in [6, 6.07) is -1.14. The highest BCUT2D eigenvalue weighted by molar-refractivity contribution is 7.89. The van der Waals surface area contributed by atoms with E-state index in [2.05, 4.69) is 15.1 Å². The van der Waals surface area contributed by atoms with Gasteiger partial charge in [-0.1, -0.05) is 0 Å². The maximum Gasteiger partial charge on any atom is 0.328 e. The highest BCUT2D eigenvalue weighted by atomic mass is 32.2. The van der Waals surface area contributed by atoms with E-state index in [1.54, 1.807) is 20.9 Å². The second kappa shape index (κ2) is 6.28. The van der Waals surface area contributed by atoms with Crippen LogP contribution in [0.5, 0.6) is 0 Å². The average Bonchev–Trinajstić information content (AvgIpc) is 2.62. The molecule has 0 aromatic carbocycles. The zero-order valence-electron chi connectivity index (χ0n) is 14.0. The highest BCUT2D eigenvalue weighted by Crippen LogP contribution is 2.18. The molecule has 0 fully saturated rings. The normalized spacial score (nSPS) is 13.7. The van der Waals surface area contributed by atoms with Crippen LogP contribution in [0.4, 0.5) is 0 Å². The van der Waals surface area contributed by atoms with Gasteiger partial charge in [-0.3, -0.25) is 9.48 Å². The van der Waals surface area contributed by atoms with E-state index < -0.39 is 33.5 Å². The minimum atomic E-state index is -3.96. The molecule has 0 saturated carbocycles. The van der Waals surface area contributed by atoms with E-state index in [1.165, 1.54) is 25.5 Å². The number of carboxylic acid groups (broad SMARTS) is 1. The van der Waals surface area contributed by atoms with Gasteiger partial charge in [0.05, 0.1) is 17.4 Å². The lowest BCUT2D eigenvalue weighted by molar-refractivity contribution is -0.146. The van der Waals surface area contributed by atoms with Crippen LogP contribution in [0.15, 0.2) is 4.90 Å². The largest absolute Gasteiger partial charge is 0.480 e. The van der Waals surface area contributed by atoms with Crippen molar-refractivity contribution in [1.82, 2.24) is 19.8 Å². The minimum absolute atomic E-state index is 0.0112. The van der Waals surface area contributed by atoms with E-state index in [0.717, 1.165) is 0 Å². The van der Waals surface area contributed by atoms with Crippen molar-refractivity contribution >= 4 is 21.9 Å². The summed E-state index contributed by atoms with van der Waals surface area (Å²) in [5.41, 5.74) is -0.749. The number of nitrogens with zero attached hydrogens (tertiary/aromatic N) is 2. The first-order valence-electron chi connectivity index (χ1n) is 6.87. The number of aromatic nitrogens is 2. The van der Waals surface area contributed by atoms with Crippen molar-refractivity contribution in [3.05, 3.63) is 11.4 Å². The number of amides is 1. The third-order valence-electron chi connectivity index (χ3n) is 3.41. The third kappa shape index (κ3) is 4.08. The summed E-state index contributed by atoms with van der Waals surface area (Å²) in [5.74, 6) is -1.96. The molecule has 23 heavy (non-hydrogen) atoms. The van der Waals surface area contributed by atoms with Crippen LogP contribution in [0.2, 0.25) is 0 Å². The van der Waals surface area contributed by atoms with Crippen molar-refractivity contribution in [3.8, 4) is 0 Å². The molecule has 1 rings (SSSR count). The second-order valence-corrected chi connectivity index (χ2v) is 7.54. The van der Waals surface area contributed by atoms with Crippen molar-refractivity contribution in [3.63, 3.8) is 0 Å². The molecule has 1 unspecified atom stereocenters. The molecule has 0 aliphatic carbocycles. The third-order valence-corrected chi connectivity index (χ3v) is 5.20. The Balaban J connectivity index is 2.98. The lowest BCUT2D eigenvalue weighted by Crippen LogP contribution is -2.55. The summed E-state index contributed by atoms with van der Waals surface area (Å²) < 4.78 is 28.6. The fourth-order valence-corrected chi connectivity index (χ4v) is 3.60. The van der Waals surface area contributed by atoms with Crippen LogP contribution in [0.25, 0.3) is 0 Å². The molecule has 1 aromatic rings. The Labute approximate surface area is 135 Å². The molecule has 10 heteroatoms. The molecule has 130 valence electrons. The Hall–Kier alpha value is -1.94. The van der Waals surface area contributed by atoms with Gasteiger partial charge in [0.2, 0.25) is 15.9 Å². The van der Waals surface area contributed by atoms with Gasteiger partial charge in [-0.25, -0.2) is 13.2 Å². The van der Waals surface area contributed by atoms with Gasteiger partial charge in [0, 0.05) is 7.05 Å². The number of carbonyl (C=O) groups excluding carboxylic acids is 1. The van der Waals surface area contributed by atoms with Crippen molar-refractivity contribution in [2.45, 2.75) is 51.1 Å². The molecule has 0 radical (unpaired) electrons. The predicted molar refractivity (Wildman–Crippen MR) is 82.3 cm³/mol. The molecule has 0 spiro atoms. The SMILES string of the molecule is Cc1nn(C)c(C)c1S(=O)(=O)NC(C)C(=O)NC(C)(C)C(=O)O. The van der Waals surface area contributed by atoms with Gasteiger partial charge in [0.1, 0.15) is 10.4 Å². The molecule has 0 aliphatic rings. The first-order valence-corrected chi connectivity index (χ1v) is 8.36. The van der Waals surface area contributed by atoms with E-state index in [-0.39, 0.29) is 4.90 Å². The maximum atomic E-state index is 12.4. The fourth-order valence-electron chi connectivity index (χ4n) is 1.96. The summed E-state index contributed by atoms with van der Waals surface area (Å²) in [7, 11) is -2.34. The summed E-state index contributed by atoms with van der Waals surface area (Å²) in [4.78, 5) is 23.0. The minimum Gasteiger partial charge on any atom is -0.480 e. The lowest BCUT2D eigenvalue weighted by Gasteiger charge is -2.23. The van der Waals surface area contributed by atoms with Crippen molar-refractivity contribution in [1.29, 1.82) is 0 Å². The Bertz CT molecular complexity index is 736. The molecular weight excluding hydrogens is 324 g/mol. The van der Waals surface area contributed by atoms with E-state index >= 15 is 0 Å². The van der Waals surface area contributed by atoms with Crippen molar-refractivity contribution < 1.29 is 23.1 Å². The molecule has 1 aromatic heterocycles. The molecule has 1 atom stereocenters. The van der Waals surface area contributed by atoms with Crippen LogP contribution in [0, 0.1) is 13.8 Å². The van der Waals surface area contributed by atoms with Gasteiger partial charge in [-0.15, -0.1) is 0 Å². The molecule has 9 nitrogen and oxygen atoms in total. The molecular formula is C13H22N4O5S. The smallest absolute Gasteiger partial charge is 0.328 e. The Morgan fingerprint density at radius 2 is 1.83 bits per heavy atom. The molecule has 0 saturated heterocycles. The number of carboxylic acids is 1. The predicted octanol–water partition coefficient (Wildman–Crippen LogP) is -0.317. The Kier molecular flexibility index (Phi) is 5.22. The van der Waals surface area contributed by atoms with Gasteiger partial charge in [-0.2, -0.15) is 9.82 Å². The van der Waals surface area contributed by atoms with Crippen LogP contribution in [0.3, 0.4) is 0 Å². The standard InChI is InChI=1S/C13H22N4O5S/c1-7-10(9(3)17(6)15-7)23(21,22)16-8(2)11(18)14-13(4,5)12(19)20/h8,16H,1-6H3,(H,14,18)(H,19,20). The number of rotatable bonds is 6. The molecule has 0 bridgehead atoms. The van der Waals surface area contributed by atoms with Gasteiger partial charge in [-0.05, 0) is 34.6 Å². The average molecular weight is 346 g/mol. The number of aryl methyl sites for hydroxylation is 2. The van der Waals surface area contributed by atoms with E-state index in [0.29, 0.717) is 11.4 Å². The number of aliphatic carboxylic acids is 1. The monoisotopic (exact) mass is 346 g/mol. The van der Waals surface area contributed by atoms with Crippen LogP contribution >= 0.6 is 0 Å². The van der Waals surface area contributed by atoms with E-state index in [1.807, 2.05) is 0 Å². The maximum absolute atomic E-state index is 12.4. The molecule has 0 aliphatic heterocycles. The summed E-state index contributed by atoms with van der Waals surface area (Å²) in [6.07, 6.45) is 0. The second-order valence-electron chi connectivity index (χ2n) is 5.89.